The second-order valence-corrected chi connectivity index (χ2v) is 4.80. The van der Waals surface area contributed by atoms with Crippen LogP contribution in [0.4, 0.5) is 5.82 Å². The zero-order valence-electron chi connectivity index (χ0n) is 10.6. The van der Waals surface area contributed by atoms with E-state index in [1.165, 1.54) is 12.8 Å². The van der Waals surface area contributed by atoms with Crippen LogP contribution in [0.15, 0.2) is 24.3 Å². The van der Waals surface area contributed by atoms with Crippen molar-refractivity contribution in [3.63, 3.8) is 0 Å². The summed E-state index contributed by atoms with van der Waals surface area (Å²) >= 11 is 0. The number of hydrogen-bond donors (Lipinski definition) is 2. The van der Waals surface area contributed by atoms with Crippen LogP contribution in [0.2, 0.25) is 0 Å². The van der Waals surface area contributed by atoms with Crippen LogP contribution in [0.3, 0.4) is 0 Å². The first kappa shape index (κ1) is 11.4. The molecule has 2 aromatic rings. The highest BCUT2D eigenvalue weighted by Gasteiger charge is 2.19. The van der Waals surface area contributed by atoms with Gasteiger partial charge in [-0.25, -0.2) is 9.97 Å². The van der Waals surface area contributed by atoms with Crippen molar-refractivity contribution >= 4 is 16.9 Å². The van der Waals surface area contributed by atoms with E-state index in [0.717, 1.165) is 41.7 Å². The van der Waals surface area contributed by atoms with Gasteiger partial charge >= 0.3 is 0 Å². The topological polar surface area (TPSA) is 49.8 Å². The Kier molecular flexibility index (Phi) is 3.11. The van der Waals surface area contributed by atoms with Gasteiger partial charge in [0.2, 0.25) is 0 Å². The van der Waals surface area contributed by atoms with E-state index in [-0.39, 0.29) is 0 Å². The highest BCUT2D eigenvalue weighted by Crippen LogP contribution is 2.18. The minimum Gasteiger partial charge on any atom is -0.367 e. The Morgan fingerprint density at radius 3 is 2.56 bits per heavy atom. The van der Waals surface area contributed by atoms with Crippen molar-refractivity contribution in [3.05, 3.63) is 30.0 Å². The molecule has 0 unspecified atom stereocenters. The lowest BCUT2D eigenvalue weighted by molar-refractivity contribution is 0.700. The van der Waals surface area contributed by atoms with Crippen molar-refractivity contribution in [1.82, 2.24) is 15.3 Å². The normalized spacial score (nSPS) is 14.9. The van der Waals surface area contributed by atoms with E-state index in [1.807, 2.05) is 31.2 Å². The SMILES string of the molecule is Cc1nc2ccccc2nc1NCCNC1CC1. The molecule has 0 amide bonds. The number of aryl methyl sites for hydroxylation is 1. The summed E-state index contributed by atoms with van der Waals surface area (Å²) < 4.78 is 0. The Hall–Kier alpha value is -1.68. The van der Waals surface area contributed by atoms with Gasteiger partial charge in [0.25, 0.3) is 0 Å². The molecule has 3 rings (SSSR count). The van der Waals surface area contributed by atoms with Gasteiger partial charge in [0, 0.05) is 19.1 Å². The molecule has 4 heteroatoms. The molecule has 1 aromatic heterocycles. The number of rotatable bonds is 5. The summed E-state index contributed by atoms with van der Waals surface area (Å²) in [6.45, 7) is 3.87. The standard InChI is InChI=1S/C14H18N4/c1-10-14(16-9-8-15-11-6-7-11)18-13-5-3-2-4-12(13)17-10/h2-5,11,15H,6-9H2,1H3,(H,16,18). The third-order valence-electron chi connectivity index (χ3n) is 3.17. The molecule has 1 aromatic carbocycles. The zero-order chi connectivity index (χ0) is 12.4. The first-order chi connectivity index (χ1) is 8.83. The molecular weight excluding hydrogens is 224 g/mol. The lowest BCUT2D eigenvalue weighted by Crippen LogP contribution is -2.24. The summed E-state index contributed by atoms with van der Waals surface area (Å²) in [6.07, 6.45) is 2.66. The second kappa shape index (κ2) is 4.90. The summed E-state index contributed by atoms with van der Waals surface area (Å²) in [5, 5.41) is 6.82. The van der Waals surface area contributed by atoms with Crippen molar-refractivity contribution in [1.29, 1.82) is 0 Å². The Morgan fingerprint density at radius 2 is 1.83 bits per heavy atom. The molecule has 1 fully saturated rings. The molecule has 1 aliphatic rings. The molecule has 2 N–H and O–H groups in total. The Balaban J connectivity index is 1.68. The number of aromatic nitrogens is 2. The van der Waals surface area contributed by atoms with Crippen LogP contribution in [0.25, 0.3) is 11.0 Å². The zero-order valence-corrected chi connectivity index (χ0v) is 10.6. The summed E-state index contributed by atoms with van der Waals surface area (Å²) in [6, 6.07) is 8.73. The highest BCUT2D eigenvalue weighted by atomic mass is 15.1. The minimum atomic E-state index is 0.760. The third-order valence-corrected chi connectivity index (χ3v) is 3.17. The van der Waals surface area contributed by atoms with E-state index in [9.17, 15) is 0 Å². The first-order valence-electron chi connectivity index (χ1n) is 6.53. The fraction of sp³-hybridized carbons (Fsp3) is 0.429. The quantitative estimate of drug-likeness (QED) is 0.788. The molecule has 1 heterocycles. The van der Waals surface area contributed by atoms with E-state index >= 15 is 0 Å². The van der Waals surface area contributed by atoms with Gasteiger partial charge < -0.3 is 10.6 Å². The molecule has 0 spiro atoms. The molecule has 1 saturated carbocycles. The number of hydrogen-bond acceptors (Lipinski definition) is 4. The van der Waals surface area contributed by atoms with Crippen LogP contribution in [-0.4, -0.2) is 29.1 Å². The number of fused-ring (bicyclic) bond motifs is 1. The maximum atomic E-state index is 4.61. The van der Waals surface area contributed by atoms with E-state index < -0.39 is 0 Å². The van der Waals surface area contributed by atoms with Gasteiger partial charge in [-0.15, -0.1) is 0 Å². The van der Waals surface area contributed by atoms with E-state index in [1.54, 1.807) is 0 Å². The van der Waals surface area contributed by atoms with Gasteiger partial charge in [0.05, 0.1) is 16.7 Å². The summed E-state index contributed by atoms with van der Waals surface area (Å²) in [5.74, 6) is 0.895. The van der Waals surface area contributed by atoms with E-state index in [4.69, 9.17) is 0 Å². The van der Waals surface area contributed by atoms with Crippen LogP contribution in [0.1, 0.15) is 18.5 Å². The van der Waals surface area contributed by atoms with E-state index in [0.29, 0.717) is 0 Å². The number of benzene rings is 1. The van der Waals surface area contributed by atoms with Crippen molar-refractivity contribution < 1.29 is 0 Å². The van der Waals surface area contributed by atoms with Gasteiger partial charge in [-0.1, -0.05) is 12.1 Å². The van der Waals surface area contributed by atoms with Gasteiger partial charge in [0.1, 0.15) is 5.82 Å². The summed E-state index contributed by atoms with van der Waals surface area (Å²) in [5.41, 5.74) is 2.86. The molecule has 18 heavy (non-hydrogen) atoms. The highest BCUT2D eigenvalue weighted by molar-refractivity contribution is 5.76. The molecule has 0 bridgehead atoms. The lowest BCUT2D eigenvalue weighted by atomic mass is 10.3. The summed E-state index contributed by atoms with van der Waals surface area (Å²) in [4.78, 5) is 9.16. The van der Waals surface area contributed by atoms with Crippen LogP contribution >= 0.6 is 0 Å². The fourth-order valence-corrected chi connectivity index (χ4v) is 2.00. The predicted octanol–water partition coefficient (Wildman–Crippen LogP) is 2.10. The Labute approximate surface area is 107 Å². The monoisotopic (exact) mass is 242 g/mol. The first-order valence-corrected chi connectivity index (χ1v) is 6.53. The maximum Gasteiger partial charge on any atom is 0.148 e. The van der Waals surface area contributed by atoms with Crippen molar-refractivity contribution in [3.8, 4) is 0 Å². The Bertz CT molecular complexity index is 548. The molecule has 4 nitrogen and oxygen atoms in total. The average Bonchev–Trinajstić information content (AvgIpc) is 3.19. The molecular formula is C14H18N4. The Morgan fingerprint density at radius 1 is 1.11 bits per heavy atom. The molecule has 0 atom stereocenters. The molecule has 1 aliphatic carbocycles. The summed E-state index contributed by atoms with van der Waals surface area (Å²) in [7, 11) is 0. The van der Waals surface area contributed by atoms with E-state index in [2.05, 4.69) is 20.6 Å². The van der Waals surface area contributed by atoms with Gasteiger partial charge in [-0.05, 0) is 31.9 Å². The lowest BCUT2D eigenvalue weighted by Gasteiger charge is -2.09. The van der Waals surface area contributed by atoms with Gasteiger partial charge in [-0.2, -0.15) is 0 Å². The third kappa shape index (κ3) is 2.59. The van der Waals surface area contributed by atoms with Crippen LogP contribution in [0.5, 0.6) is 0 Å². The maximum absolute atomic E-state index is 4.61. The molecule has 94 valence electrons. The number of nitrogens with one attached hydrogen (secondary N) is 2. The smallest absolute Gasteiger partial charge is 0.148 e. The minimum absolute atomic E-state index is 0.760. The fourth-order valence-electron chi connectivity index (χ4n) is 2.00. The second-order valence-electron chi connectivity index (χ2n) is 4.80. The van der Waals surface area contributed by atoms with Gasteiger partial charge in [-0.3, -0.25) is 0 Å². The molecule has 0 saturated heterocycles. The number of para-hydroxylation sites is 2. The van der Waals surface area contributed by atoms with Crippen LogP contribution in [-0.2, 0) is 0 Å². The largest absolute Gasteiger partial charge is 0.367 e. The number of nitrogens with zero attached hydrogens (tertiary/aromatic N) is 2. The number of anilines is 1. The molecule has 0 radical (unpaired) electrons. The van der Waals surface area contributed by atoms with Gasteiger partial charge in [0.15, 0.2) is 0 Å². The average molecular weight is 242 g/mol. The van der Waals surface area contributed by atoms with Crippen molar-refractivity contribution in [2.45, 2.75) is 25.8 Å². The van der Waals surface area contributed by atoms with Crippen LogP contribution < -0.4 is 10.6 Å². The van der Waals surface area contributed by atoms with Crippen molar-refractivity contribution in [2.24, 2.45) is 0 Å². The molecule has 0 aliphatic heterocycles. The van der Waals surface area contributed by atoms with Crippen LogP contribution in [0, 0.1) is 6.92 Å². The predicted molar refractivity (Wildman–Crippen MR) is 73.8 cm³/mol. The van der Waals surface area contributed by atoms with Crippen molar-refractivity contribution in [2.75, 3.05) is 18.4 Å².